The molecule has 0 amide bonds. The zero-order chi connectivity index (χ0) is 20.8. The molecule has 0 saturated carbocycles. The third-order valence-corrected chi connectivity index (χ3v) is 6.54. The van der Waals surface area contributed by atoms with Gasteiger partial charge in [0.05, 0.1) is 12.8 Å². The van der Waals surface area contributed by atoms with Crippen molar-refractivity contribution in [2.75, 3.05) is 25.1 Å². The maximum absolute atomic E-state index is 5.37. The highest BCUT2D eigenvalue weighted by Crippen LogP contribution is 2.36. The van der Waals surface area contributed by atoms with Crippen molar-refractivity contribution in [3.63, 3.8) is 0 Å². The molecular formula is C24H24N6O. The van der Waals surface area contributed by atoms with E-state index in [0.717, 1.165) is 53.5 Å². The van der Waals surface area contributed by atoms with Crippen LogP contribution in [-0.2, 0) is 6.54 Å². The minimum absolute atomic E-state index is 0.577. The molecule has 7 heteroatoms. The largest absolute Gasteiger partial charge is 0.497 e. The maximum atomic E-state index is 5.37. The maximum Gasteiger partial charge on any atom is 0.141 e. The quantitative estimate of drug-likeness (QED) is 0.541. The molecule has 0 aliphatic carbocycles. The van der Waals surface area contributed by atoms with Gasteiger partial charge >= 0.3 is 0 Å². The van der Waals surface area contributed by atoms with Gasteiger partial charge in [-0.15, -0.1) is 0 Å². The van der Waals surface area contributed by atoms with Crippen LogP contribution in [0.1, 0.15) is 12.0 Å². The molecule has 156 valence electrons. The van der Waals surface area contributed by atoms with Gasteiger partial charge in [0.15, 0.2) is 0 Å². The van der Waals surface area contributed by atoms with Gasteiger partial charge in [-0.2, -0.15) is 0 Å². The summed E-state index contributed by atoms with van der Waals surface area (Å²) in [5, 5.41) is 1.02. The van der Waals surface area contributed by atoms with E-state index in [1.165, 1.54) is 12.0 Å². The molecule has 3 aliphatic rings. The molecule has 7 nitrogen and oxygen atoms in total. The fraction of sp³-hybridized carbons (Fsp3) is 0.292. The number of ether oxygens (including phenoxy) is 1. The van der Waals surface area contributed by atoms with Crippen molar-refractivity contribution in [2.24, 2.45) is 0 Å². The topological polar surface area (TPSA) is 70.2 Å². The summed E-state index contributed by atoms with van der Waals surface area (Å²) < 4.78 is 5.37. The van der Waals surface area contributed by atoms with Crippen LogP contribution in [0.2, 0.25) is 0 Å². The Morgan fingerprint density at radius 3 is 2.77 bits per heavy atom. The number of nitrogens with one attached hydrogen (secondary N) is 1. The minimum Gasteiger partial charge on any atom is -0.497 e. The van der Waals surface area contributed by atoms with Gasteiger partial charge < -0.3 is 14.6 Å². The summed E-state index contributed by atoms with van der Waals surface area (Å²) in [7, 11) is 1.72. The molecule has 4 aromatic rings. The monoisotopic (exact) mass is 412 g/mol. The van der Waals surface area contributed by atoms with E-state index in [1.807, 2.05) is 24.5 Å². The highest BCUT2D eigenvalue weighted by molar-refractivity contribution is 5.90. The lowest BCUT2D eigenvalue weighted by atomic mass is 9.86. The van der Waals surface area contributed by atoms with Crippen LogP contribution in [0, 0.1) is 0 Å². The number of rotatable bonds is 5. The van der Waals surface area contributed by atoms with Gasteiger partial charge in [-0.3, -0.25) is 4.90 Å². The van der Waals surface area contributed by atoms with Gasteiger partial charge in [-0.1, -0.05) is 12.1 Å². The van der Waals surface area contributed by atoms with Gasteiger partial charge in [0.2, 0.25) is 0 Å². The number of fused-ring (bicyclic) bond motifs is 3. The molecule has 31 heavy (non-hydrogen) atoms. The number of anilines is 1. The van der Waals surface area contributed by atoms with Gasteiger partial charge in [0.1, 0.15) is 23.5 Å². The number of hydrogen-bond acceptors (Lipinski definition) is 6. The van der Waals surface area contributed by atoms with Crippen LogP contribution < -0.4 is 9.64 Å². The second kappa shape index (κ2) is 7.35. The van der Waals surface area contributed by atoms with E-state index in [2.05, 4.69) is 55.1 Å². The Labute approximate surface area is 180 Å². The Hall–Kier alpha value is -3.45. The standard InChI is InChI=1S/C24H24N6O/c1-31-20-4-2-3-16(9-20)12-30-18-10-19(30)14-29(13-18)22-6-5-17(11-26-22)23-21-7-8-25-24(21)28-15-27-23/h2-9,11,15,18-19H,10,12-14H2,1H3,(H,25,27,28). The number of aromatic amines is 1. The molecule has 1 N–H and O–H groups in total. The SMILES string of the molecule is COc1cccc(CN2C3CC2CN(c2ccc(-c4ncnc5[nH]ccc45)cn2)C3)c1. The number of hydrogen-bond donors (Lipinski definition) is 1. The Morgan fingerprint density at radius 2 is 1.97 bits per heavy atom. The van der Waals surface area contributed by atoms with Crippen LogP contribution in [-0.4, -0.2) is 57.1 Å². The van der Waals surface area contributed by atoms with Crippen molar-refractivity contribution >= 4 is 16.9 Å². The molecule has 2 atom stereocenters. The number of H-pyrrole nitrogens is 1. The normalized spacial score (nSPS) is 20.6. The first-order valence-corrected chi connectivity index (χ1v) is 10.7. The lowest BCUT2D eigenvalue weighted by Gasteiger charge is -2.56. The summed E-state index contributed by atoms with van der Waals surface area (Å²) in [6.45, 7) is 3.01. The van der Waals surface area contributed by atoms with Crippen LogP contribution in [0.25, 0.3) is 22.3 Å². The fourth-order valence-corrected chi connectivity index (χ4v) is 4.93. The van der Waals surface area contributed by atoms with Crippen LogP contribution in [0.5, 0.6) is 5.75 Å². The highest BCUT2D eigenvalue weighted by Gasteiger charge is 2.44. The number of methoxy groups -OCH3 is 1. The third-order valence-electron chi connectivity index (χ3n) is 6.54. The summed E-state index contributed by atoms with van der Waals surface area (Å²) >= 11 is 0. The molecular weight excluding hydrogens is 388 g/mol. The highest BCUT2D eigenvalue weighted by atomic mass is 16.5. The van der Waals surface area contributed by atoms with Gasteiger partial charge in [0, 0.05) is 55.1 Å². The molecule has 1 aromatic carbocycles. The first-order valence-electron chi connectivity index (χ1n) is 10.7. The number of piperazine rings is 1. The molecule has 2 unspecified atom stereocenters. The van der Waals surface area contributed by atoms with E-state index in [4.69, 9.17) is 9.72 Å². The Balaban J connectivity index is 1.16. The average Bonchev–Trinajstić information content (AvgIpc) is 3.32. The minimum atomic E-state index is 0.577. The van der Waals surface area contributed by atoms with Crippen molar-refractivity contribution in [1.82, 2.24) is 24.8 Å². The number of pyridine rings is 1. The van der Waals surface area contributed by atoms with E-state index in [0.29, 0.717) is 12.1 Å². The van der Waals surface area contributed by atoms with E-state index in [-0.39, 0.29) is 0 Å². The number of nitrogens with zero attached hydrogens (tertiary/aromatic N) is 5. The smallest absolute Gasteiger partial charge is 0.141 e. The van der Waals surface area contributed by atoms with Crippen LogP contribution >= 0.6 is 0 Å². The number of piperidine rings is 1. The van der Waals surface area contributed by atoms with E-state index in [1.54, 1.807) is 13.4 Å². The molecule has 3 fully saturated rings. The van der Waals surface area contributed by atoms with Crippen molar-refractivity contribution < 1.29 is 4.74 Å². The molecule has 3 aliphatic heterocycles. The predicted molar refractivity (Wildman–Crippen MR) is 120 cm³/mol. The fourth-order valence-electron chi connectivity index (χ4n) is 4.93. The Kier molecular flexibility index (Phi) is 4.35. The van der Waals surface area contributed by atoms with Crippen LogP contribution in [0.15, 0.2) is 61.2 Å². The third kappa shape index (κ3) is 3.21. The summed E-state index contributed by atoms with van der Waals surface area (Å²) in [6, 6.07) is 15.8. The van der Waals surface area contributed by atoms with Gasteiger partial charge in [0.25, 0.3) is 0 Å². The lowest BCUT2D eigenvalue weighted by molar-refractivity contribution is -0.00871. The zero-order valence-electron chi connectivity index (χ0n) is 17.4. The number of aromatic nitrogens is 4. The predicted octanol–water partition coefficient (Wildman–Crippen LogP) is 3.49. The molecule has 0 spiro atoms. The Bertz CT molecular complexity index is 1210. The van der Waals surface area contributed by atoms with Crippen molar-refractivity contribution in [3.8, 4) is 17.0 Å². The second-order valence-electron chi connectivity index (χ2n) is 8.34. The zero-order valence-corrected chi connectivity index (χ0v) is 17.4. The number of benzene rings is 1. The molecule has 2 bridgehead atoms. The van der Waals surface area contributed by atoms with Gasteiger partial charge in [-0.05, 0) is 42.3 Å². The van der Waals surface area contributed by atoms with Gasteiger partial charge in [-0.25, -0.2) is 15.0 Å². The van der Waals surface area contributed by atoms with E-state index in [9.17, 15) is 0 Å². The molecule has 6 heterocycles. The molecule has 3 aromatic heterocycles. The summed E-state index contributed by atoms with van der Waals surface area (Å²) in [6.07, 6.45) is 6.68. The van der Waals surface area contributed by atoms with Crippen molar-refractivity contribution in [2.45, 2.75) is 25.0 Å². The second-order valence-corrected chi connectivity index (χ2v) is 8.34. The summed E-state index contributed by atoms with van der Waals surface area (Å²) in [5.74, 6) is 1.97. The van der Waals surface area contributed by atoms with E-state index < -0.39 is 0 Å². The van der Waals surface area contributed by atoms with Crippen LogP contribution in [0.3, 0.4) is 0 Å². The first-order chi connectivity index (χ1) is 15.3. The van der Waals surface area contributed by atoms with Crippen molar-refractivity contribution in [3.05, 3.63) is 66.7 Å². The lowest BCUT2D eigenvalue weighted by Crippen LogP contribution is -2.68. The summed E-state index contributed by atoms with van der Waals surface area (Å²) in [5.41, 5.74) is 4.08. The van der Waals surface area contributed by atoms with E-state index >= 15 is 0 Å². The molecule has 0 radical (unpaired) electrons. The van der Waals surface area contributed by atoms with Crippen molar-refractivity contribution in [1.29, 1.82) is 0 Å². The van der Waals surface area contributed by atoms with Crippen LogP contribution in [0.4, 0.5) is 5.82 Å². The average molecular weight is 412 g/mol. The first kappa shape index (κ1) is 18.3. The summed E-state index contributed by atoms with van der Waals surface area (Å²) in [4.78, 5) is 21.7. The molecule has 3 saturated heterocycles. The Morgan fingerprint density at radius 1 is 1.06 bits per heavy atom. The molecule has 7 rings (SSSR count).